The SMILES string of the molecule is C=CC=CCCOC[C@H]1O[C@@H](n2cnc3c(=O)[nH]c(N)nc32)C(O)C1O. The maximum atomic E-state index is 11.9. The fraction of sp³-hybridized carbons (Fsp3) is 0.438. The van der Waals surface area contributed by atoms with Gasteiger partial charge in [0.05, 0.1) is 19.5 Å². The zero-order valence-electron chi connectivity index (χ0n) is 14.0. The second kappa shape index (κ2) is 7.79. The summed E-state index contributed by atoms with van der Waals surface area (Å²) in [5, 5.41) is 20.5. The predicted molar refractivity (Wildman–Crippen MR) is 93.3 cm³/mol. The van der Waals surface area contributed by atoms with Gasteiger partial charge >= 0.3 is 0 Å². The molecule has 1 saturated heterocycles. The van der Waals surface area contributed by atoms with Crippen LogP contribution in [0.3, 0.4) is 0 Å². The molecule has 1 fully saturated rings. The van der Waals surface area contributed by atoms with Crippen LogP contribution < -0.4 is 11.3 Å². The molecule has 2 aromatic rings. The quantitative estimate of drug-likeness (QED) is 0.379. The predicted octanol–water partition coefficient (Wildman–Crippen LogP) is -0.530. The number of allylic oxidation sites excluding steroid dienone is 2. The molecular formula is C16H21N5O5. The van der Waals surface area contributed by atoms with Crippen molar-refractivity contribution in [2.45, 2.75) is 31.0 Å². The zero-order chi connectivity index (χ0) is 18.7. The van der Waals surface area contributed by atoms with Gasteiger partial charge in [-0.1, -0.05) is 24.8 Å². The molecule has 10 heteroatoms. The van der Waals surface area contributed by atoms with Gasteiger partial charge in [0.25, 0.3) is 5.56 Å². The standard InChI is InChI=1S/C16H21N5O5/c1-2-3-4-5-6-25-7-9-11(22)12(23)15(26-9)21-8-18-10-13(21)19-16(17)20-14(10)24/h2-4,8-9,11-12,15,22-23H,1,5-7H2,(H3,17,19,20,24)/t9-,11?,12?,15-/m1/s1. The Morgan fingerprint density at radius 2 is 2.27 bits per heavy atom. The number of aromatic amines is 1. The number of nitrogen functional groups attached to an aromatic ring is 1. The van der Waals surface area contributed by atoms with Crippen molar-refractivity contribution in [2.75, 3.05) is 18.9 Å². The topological polar surface area (TPSA) is 149 Å². The van der Waals surface area contributed by atoms with Gasteiger partial charge in [0.15, 0.2) is 17.4 Å². The Labute approximate surface area is 148 Å². The van der Waals surface area contributed by atoms with E-state index in [1.54, 1.807) is 6.08 Å². The molecule has 1 aliphatic heterocycles. The zero-order valence-corrected chi connectivity index (χ0v) is 14.0. The van der Waals surface area contributed by atoms with E-state index in [1.165, 1.54) is 10.9 Å². The van der Waals surface area contributed by atoms with E-state index in [2.05, 4.69) is 21.5 Å². The van der Waals surface area contributed by atoms with Crippen LogP contribution in [-0.4, -0.2) is 61.3 Å². The normalized spacial score (nSPS) is 26.1. The van der Waals surface area contributed by atoms with Gasteiger partial charge < -0.3 is 25.4 Å². The Hall–Kier alpha value is -2.53. The summed E-state index contributed by atoms with van der Waals surface area (Å²) in [6.45, 7) is 4.13. The average molecular weight is 363 g/mol. The van der Waals surface area contributed by atoms with E-state index in [-0.39, 0.29) is 23.7 Å². The molecule has 2 unspecified atom stereocenters. The number of anilines is 1. The van der Waals surface area contributed by atoms with Crippen molar-refractivity contribution in [2.24, 2.45) is 0 Å². The summed E-state index contributed by atoms with van der Waals surface area (Å²) in [4.78, 5) is 22.2. The number of aliphatic hydroxyl groups excluding tert-OH is 2. The maximum Gasteiger partial charge on any atom is 0.280 e. The number of nitrogens with two attached hydrogens (primary N) is 1. The third-order valence-electron chi connectivity index (χ3n) is 4.05. The smallest absolute Gasteiger partial charge is 0.280 e. The van der Waals surface area contributed by atoms with Crippen LogP contribution >= 0.6 is 0 Å². The third-order valence-corrected chi connectivity index (χ3v) is 4.05. The Kier molecular flexibility index (Phi) is 5.47. The molecule has 2 aromatic heterocycles. The molecule has 1 aliphatic rings. The van der Waals surface area contributed by atoms with Crippen LogP contribution in [-0.2, 0) is 9.47 Å². The van der Waals surface area contributed by atoms with E-state index < -0.39 is 30.1 Å². The highest BCUT2D eigenvalue weighted by Crippen LogP contribution is 2.31. The number of rotatable bonds is 7. The van der Waals surface area contributed by atoms with Gasteiger partial charge in [-0.3, -0.25) is 14.3 Å². The molecule has 0 amide bonds. The Balaban J connectivity index is 1.71. The van der Waals surface area contributed by atoms with Crippen molar-refractivity contribution in [3.05, 3.63) is 41.5 Å². The molecule has 0 aliphatic carbocycles. The molecular weight excluding hydrogens is 342 g/mol. The highest BCUT2D eigenvalue weighted by molar-refractivity contribution is 5.70. The van der Waals surface area contributed by atoms with Gasteiger partial charge in [-0.2, -0.15) is 4.98 Å². The van der Waals surface area contributed by atoms with E-state index in [0.29, 0.717) is 13.0 Å². The molecule has 26 heavy (non-hydrogen) atoms. The average Bonchev–Trinajstić information content (AvgIpc) is 3.14. The van der Waals surface area contributed by atoms with Gasteiger partial charge in [-0.15, -0.1) is 0 Å². The van der Waals surface area contributed by atoms with Crippen LogP contribution in [0.5, 0.6) is 0 Å². The van der Waals surface area contributed by atoms with E-state index in [4.69, 9.17) is 15.2 Å². The number of H-pyrrole nitrogens is 1. The van der Waals surface area contributed by atoms with Gasteiger partial charge in [-0.05, 0) is 6.42 Å². The number of hydrogen-bond donors (Lipinski definition) is 4. The molecule has 5 N–H and O–H groups in total. The third kappa shape index (κ3) is 3.53. The van der Waals surface area contributed by atoms with Gasteiger partial charge in [0, 0.05) is 0 Å². The first-order chi connectivity index (χ1) is 12.5. The fourth-order valence-electron chi connectivity index (χ4n) is 2.77. The fourth-order valence-corrected chi connectivity index (χ4v) is 2.77. The molecule has 0 radical (unpaired) electrons. The molecule has 0 saturated carbocycles. The first-order valence-corrected chi connectivity index (χ1v) is 8.12. The van der Waals surface area contributed by atoms with Crippen molar-refractivity contribution in [3.8, 4) is 0 Å². The number of aromatic nitrogens is 4. The molecule has 3 rings (SSSR count). The number of imidazole rings is 1. The number of aliphatic hydroxyl groups is 2. The Morgan fingerprint density at radius 3 is 3.04 bits per heavy atom. The maximum absolute atomic E-state index is 11.9. The van der Waals surface area contributed by atoms with Crippen molar-refractivity contribution < 1.29 is 19.7 Å². The first kappa shape index (κ1) is 18.3. The second-order valence-electron chi connectivity index (χ2n) is 5.85. The Morgan fingerprint density at radius 1 is 1.46 bits per heavy atom. The molecule has 3 heterocycles. The van der Waals surface area contributed by atoms with E-state index >= 15 is 0 Å². The van der Waals surface area contributed by atoms with Gasteiger partial charge in [0.1, 0.15) is 18.3 Å². The molecule has 4 atom stereocenters. The van der Waals surface area contributed by atoms with E-state index in [1.807, 2.05) is 12.2 Å². The molecule has 10 nitrogen and oxygen atoms in total. The van der Waals surface area contributed by atoms with E-state index in [9.17, 15) is 15.0 Å². The van der Waals surface area contributed by atoms with Crippen molar-refractivity contribution in [1.29, 1.82) is 0 Å². The number of ether oxygens (including phenoxy) is 2. The molecule has 0 spiro atoms. The summed E-state index contributed by atoms with van der Waals surface area (Å²) in [6, 6.07) is 0. The minimum atomic E-state index is -1.23. The van der Waals surface area contributed by atoms with E-state index in [0.717, 1.165) is 0 Å². The van der Waals surface area contributed by atoms with Crippen LogP contribution in [0.15, 0.2) is 35.9 Å². The summed E-state index contributed by atoms with van der Waals surface area (Å²) >= 11 is 0. The van der Waals surface area contributed by atoms with Crippen LogP contribution in [0.4, 0.5) is 5.95 Å². The van der Waals surface area contributed by atoms with Crippen LogP contribution in [0.2, 0.25) is 0 Å². The number of hydrogen-bond acceptors (Lipinski definition) is 8. The largest absolute Gasteiger partial charge is 0.387 e. The molecule has 0 aromatic carbocycles. The molecule has 140 valence electrons. The lowest BCUT2D eigenvalue weighted by Crippen LogP contribution is -2.34. The highest BCUT2D eigenvalue weighted by Gasteiger charge is 2.44. The monoisotopic (exact) mass is 363 g/mol. The highest BCUT2D eigenvalue weighted by atomic mass is 16.6. The minimum absolute atomic E-state index is 0.0678. The van der Waals surface area contributed by atoms with Crippen LogP contribution in [0.25, 0.3) is 11.2 Å². The first-order valence-electron chi connectivity index (χ1n) is 8.12. The van der Waals surface area contributed by atoms with Crippen molar-refractivity contribution in [1.82, 2.24) is 19.5 Å². The van der Waals surface area contributed by atoms with Crippen LogP contribution in [0.1, 0.15) is 12.6 Å². The Bertz CT molecular complexity index is 860. The second-order valence-corrected chi connectivity index (χ2v) is 5.85. The molecule has 0 bridgehead atoms. The summed E-state index contributed by atoms with van der Waals surface area (Å²) in [5.41, 5.74) is 5.30. The lowest BCUT2D eigenvalue weighted by atomic mass is 10.1. The summed E-state index contributed by atoms with van der Waals surface area (Å²) in [5.74, 6) is -0.0789. The number of nitrogens with one attached hydrogen (secondary N) is 1. The van der Waals surface area contributed by atoms with Crippen molar-refractivity contribution in [3.63, 3.8) is 0 Å². The van der Waals surface area contributed by atoms with Gasteiger partial charge in [0.2, 0.25) is 5.95 Å². The lowest BCUT2D eigenvalue weighted by molar-refractivity contribution is -0.0648. The minimum Gasteiger partial charge on any atom is -0.387 e. The van der Waals surface area contributed by atoms with Crippen LogP contribution in [0, 0.1) is 0 Å². The summed E-state index contributed by atoms with van der Waals surface area (Å²) in [7, 11) is 0. The summed E-state index contributed by atoms with van der Waals surface area (Å²) < 4.78 is 12.6. The van der Waals surface area contributed by atoms with Crippen molar-refractivity contribution >= 4 is 17.1 Å². The lowest BCUT2D eigenvalue weighted by Gasteiger charge is -2.16. The number of nitrogens with zero attached hydrogens (tertiary/aromatic N) is 3. The van der Waals surface area contributed by atoms with Gasteiger partial charge in [-0.25, -0.2) is 4.98 Å². The number of fused-ring (bicyclic) bond motifs is 1. The summed E-state index contributed by atoms with van der Waals surface area (Å²) in [6.07, 6.45) is 3.33.